The van der Waals surface area contributed by atoms with Crippen LogP contribution < -0.4 is 16.0 Å². The second-order valence-corrected chi connectivity index (χ2v) is 8.80. The minimum Gasteiger partial charge on any atom is -0.341 e. The average Bonchev–Trinajstić information content (AvgIpc) is 3.38. The number of halogens is 1. The van der Waals surface area contributed by atoms with Crippen molar-refractivity contribution in [1.29, 1.82) is 0 Å². The van der Waals surface area contributed by atoms with Crippen molar-refractivity contribution >= 4 is 24.3 Å². The zero-order valence-electron chi connectivity index (χ0n) is 17.0. The second kappa shape index (κ2) is 9.35. The SMILES string of the molecule is Cl.O=C(NCc1ccccc1)NC1(C(=O)N2CCC3(CCNC3)CC2)CCCC1. The molecule has 3 fully saturated rings. The number of carbonyl (C=O) groups is 2. The molecule has 0 bridgehead atoms. The summed E-state index contributed by atoms with van der Waals surface area (Å²) in [5.74, 6) is 0.126. The Balaban J connectivity index is 0.00000240. The molecule has 7 heteroatoms. The first-order chi connectivity index (χ1) is 13.6. The topological polar surface area (TPSA) is 73.5 Å². The number of rotatable bonds is 4. The monoisotopic (exact) mass is 420 g/mol. The molecule has 0 aromatic heterocycles. The number of urea groups is 1. The van der Waals surface area contributed by atoms with Crippen molar-refractivity contribution in [3.8, 4) is 0 Å². The molecule has 2 saturated heterocycles. The van der Waals surface area contributed by atoms with Gasteiger partial charge in [-0.25, -0.2) is 4.79 Å². The van der Waals surface area contributed by atoms with E-state index < -0.39 is 5.54 Å². The maximum absolute atomic E-state index is 13.4. The second-order valence-electron chi connectivity index (χ2n) is 8.80. The number of hydrogen-bond donors (Lipinski definition) is 3. The van der Waals surface area contributed by atoms with Gasteiger partial charge in [0.05, 0.1) is 0 Å². The molecule has 2 aliphatic heterocycles. The number of amides is 3. The molecule has 0 atom stereocenters. The molecule has 29 heavy (non-hydrogen) atoms. The van der Waals surface area contributed by atoms with Gasteiger partial charge in [0.2, 0.25) is 5.91 Å². The Morgan fingerprint density at radius 1 is 1.00 bits per heavy atom. The average molecular weight is 421 g/mol. The van der Waals surface area contributed by atoms with Crippen LogP contribution in [0.4, 0.5) is 4.79 Å². The van der Waals surface area contributed by atoms with Crippen LogP contribution in [0.25, 0.3) is 0 Å². The first-order valence-corrected chi connectivity index (χ1v) is 10.7. The third-order valence-electron chi connectivity index (χ3n) is 6.96. The summed E-state index contributed by atoms with van der Waals surface area (Å²) in [6.45, 7) is 4.28. The number of nitrogens with one attached hydrogen (secondary N) is 3. The van der Waals surface area contributed by atoms with Crippen molar-refractivity contribution < 1.29 is 9.59 Å². The summed E-state index contributed by atoms with van der Waals surface area (Å²) >= 11 is 0. The van der Waals surface area contributed by atoms with E-state index in [9.17, 15) is 9.59 Å². The Labute approximate surface area is 179 Å². The summed E-state index contributed by atoms with van der Waals surface area (Å²) in [4.78, 5) is 28.0. The van der Waals surface area contributed by atoms with E-state index in [4.69, 9.17) is 0 Å². The van der Waals surface area contributed by atoms with Crippen LogP contribution in [0.2, 0.25) is 0 Å². The molecule has 4 rings (SSSR count). The molecule has 3 N–H and O–H groups in total. The number of nitrogens with zero attached hydrogens (tertiary/aromatic N) is 1. The van der Waals surface area contributed by atoms with Crippen LogP contribution in [0.3, 0.4) is 0 Å². The maximum atomic E-state index is 13.4. The molecule has 3 amide bonds. The summed E-state index contributed by atoms with van der Waals surface area (Å²) < 4.78 is 0. The van der Waals surface area contributed by atoms with Crippen molar-refractivity contribution in [2.75, 3.05) is 26.2 Å². The fraction of sp³-hybridized carbons (Fsp3) is 0.636. The summed E-state index contributed by atoms with van der Waals surface area (Å²) in [7, 11) is 0. The van der Waals surface area contributed by atoms with Crippen molar-refractivity contribution in [2.24, 2.45) is 5.41 Å². The Hall–Kier alpha value is -1.79. The van der Waals surface area contributed by atoms with Gasteiger partial charge in [-0.05, 0) is 49.6 Å². The molecular weight excluding hydrogens is 388 g/mol. The number of likely N-dealkylation sites (tertiary alicyclic amines) is 1. The van der Waals surface area contributed by atoms with Gasteiger partial charge < -0.3 is 20.9 Å². The quantitative estimate of drug-likeness (QED) is 0.701. The molecule has 3 aliphatic rings. The van der Waals surface area contributed by atoms with Crippen LogP contribution >= 0.6 is 12.4 Å². The highest BCUT2D eigenvalue weighted by atomic mass is 35.5. The van der Waals surface area contributed by atoms with E-state index in [1.165, 1.54) is 6.42 Å². The standard InChI is InChI=1S/C22H32N4O2.ClH/c27-19(26-14-11-21(12-15-26)10-13-23-17-21)22(8-4-5-9-22)25-20(28)24-16-18-6-2-1-3-7-18;/h1-3,6-7,23H,4-5,8-17H2,(H2,24,25,28);1H. The third-order valence-corrected chi connectivity index (χ3v) is 6.96. The van der Waals surface area contributed by atoms with Crippen molar-refractivity contribution in [2.45, 2.75) is 57.0 Å². The normalized spacial score (nSPS) is 22.1. The van der Waals surface area contributed by atoms with Gasteiger partial charge in [0, 0.05) is 26.2 Å². The lowest BCUT2D eigenvalue weighted by molar-refractivity contribution is -0.140. The highest BCUT2D eigenvalue weighted by Gasteiger charge is 2.47. The predicted octanol–water partition coefficient (Wildman–Crippen LogP) is 2.82. The van der Waals surface area contributed by atoms with Gasteiger partial charge in [-0.15, -0.1) is 12.4 Å². The highest BCUT2D eigenvalue weighted by molar-refractivity contribution is 5.91. The summed E-state index contributed by atoms with van der Waals surface area (Å²) in [6, 6.07) is 9.60. The van der Waals surface area contributed by atoms with Gasteiger partial charge in [-0.1, -0.05) is 43.2 Å². The van der Waals surface area contributed by atoms with E-state index >= 15 is 0 Å². The predicted molar refractivity (Wildman–Crippen MR) is 116 cm³/mol. The Morgan fingerprint density at radius 3 is 2.31 bits per heavy atom. The minimum absolute atomic E-state index is 0. The van der Waals surface area contributed by atoms with E-state index in [2.05, 4.69) is 16.0 Å². The number of benzene rings is 1. The van der Waals surface area contributed by atoms with E-state index in [1.54, 1.807) is 0 Å². The molecule has 6 nitrogen and oxygen atoms in total. The molecule has 0 radical (unpaired) electrons. The van der Waals surface area contributed by atoms with Crippen LogP contribution in [0.5, 0.6) is 0 Å². The van der Waals surface area contributed by atoms with Gasteiger partial charge in [0.25, 0.3) is 0 Å². The van der Waals surface area contributed by atoms with Gasteiger partial charge in [-0.3, -0.25) is 4.79 Å². The lowest BCUT2D eigenvalue weighted by Gasteiger charge is -2.42. The fourth-order valence-electron chi connectivity index (χ4n) is 5.12. The zero-order valence-corrected chi connectivity index (χ0v) is 17.9. The minimum atomic E-state index is -0.723. The molecule has 1 aromatic rings. The molecule has 1 aliphatic carbocycles. The maximum Gasteiger partial charge on any atom is 0.315 e. The Morgan fingerprint density at radius 2 is 1.69 bits per heavy atom. The molecule has 160 valence electrons. The summed E-state index contributed by atoms with van der Waals surface area (Å²) in [6.07, 6.45) is 6.84. The lowest BCUT2D eigenvalue weighted by Crippen LogP contribution is -2.61. The lowest BCUT2D eigenvalue weighted by atomic mass is 9.77. The van der Waals surface area contributed by atoms with E-state index in [0.717, 1.165) is 70.3 Å². The zero-order chi connectivity index (χ0) is 19.5. The number of piperidine rings is 1. The molecule has 2 heterocycles. The van der Waals surface area contributed by atoms with Gasteiger partial charge in [0.15, 0.2) is 0 Å². The van der Waals surface area contributed by atoms with Gasteiger partial charge in [-0.2, -0.15) is 0 Å². The molecule has 1 saturated carbocycles. The highest BCUT2D eigenvalue weighted by Crippen LogP contribution is 2.39. The fourth-order valence-corrected chi connectivity index (χ4v) is 5.12. The molecule has 0 unspecified atom stereocenters. The smallest absolute Gasteiger partial charge is 0.315 e. The summed E-state index contributed by atoms with van der Waals surface area (Å²) in [5, 5.41) is 9.46. The van der Waals surface area contributed by atoms with Crippen LogP contribution in [0, 0.1) is 5.41 Å². The van der Waals surface area contributed by atoms with Crippen LogP contribution in [-0.4, -0.2) is 48.6 Å². The molecule has 1 aromatic carbocycles. The van der Waals surface area contributed by atoms with Gasteiger partial charge >= 0.3 is 6.03 Å². The van der Waals surface area contributed by atoms with E-state index in [1.807, 2.05) is 35.2 Å². The van der Waals surface area contributed by atoms with Crippen molar-refractivity contribution in [1.82, 2.24) is 20.9 Å². The van der Waals surface area contributed by atoms with Crippen LogP contribution in [-0.2, 0) is 11.3 Å². The molecule has 1 spiro atoms. The Kier molecular flexibility index (Phi) is 7.06. The van der Waals surface area contributed by atoms with Crippen molar-refractivity contribution in [3.05, 3.63) is 35.9 Å². The van der Waals surface area contributed by atoms with Gasteiger partial charge in [0.1, 0.15) is 5.54 Å². The first kappa shape index (κ1) is 21.9. The number of hydrogen-bond acceptors (Lipinski definition) is 3. The first-order valence-electron chi connectivity index (χ1n) is 10.7. The van der Waals surface area contributed by atoms with Crippen molar-refractivity contribution in [3.63, 3.8) is 0 Å². The third kappa shape index (κ3) is 4.86. The largest absolute Gasteiger partial charge is 0.341 e. The number of carbonyl (C=O) groups excluding carboxylic acids is 2. The summed E-state index contributed by atoms with van der Waals surface area (Å²) in [5.41, 5.74) is 0.718. The van der Waals surface area contributed by atoms with Crippen LogP contribution in [0.1, 0.15) is 50.5 Å². The van der Waals surface area contributed by atoms with E-state index in [-0.39, 0.29) is 24.3 Å². The molecular formula is C22H33ClN4O2. The van der Waals surface area contributed by atoms with E-state index in [0.29, 0.717) is 12.0 Å². The van der Waals surface area contributed by atoms with Crippen LogP contribution in [0.15, 0.2) is 30.3 Å². The Bertz CT molecular complexity index is 690.